The molecule has 0 unspecified atom stereocenters. The first-order chi connectivity index (χ1) is 9.91. The fourth-order valence-electron chi connectivity index (χ4n) is 1.29. The third-order valence-corrected chi connectivity index (χ3v) is 2.37. The van der Waals surface area contributed by atoms with Crippen LogP contribution >= 0.6 is 0 Å². The average Bonchev–Trinajstić information content (AvgIpc) is 2.47. The predicted octanol–water partition coefficient (Wildman–Crippen LogP) is 0.862. The number of rotatable bonds is 17. The lowest BCUT2D eigenvalue weighted by molar-refractivity contribution is -0.0133. The second kappa shape index (κ2) is 18.8. The minimum absolute atomic E-state index is 0.0484. The molecular weight excluding hydrogens is 264 g/mol. The molecule has 0 amide bonds. The molecule has 0 heterocycles. The van der Waals surface area contributed by atoms with E-state index < -0.39 is 0 Å². The Hall–Kier alpha value is -0.240. The van der Waals surface area contributed by atoms with Crippen LogP contribution in [0.15, 0.2) is 0 Å². The molecule has 1 N–H and O–H groups in total. The van der Waals surface area contributed by atoms with Crippen molar-refractivity contribution in [1.29, 1.82) is 0 Å². The van der Waals surface area contributed by atoms with E-state index in [-0.39, 0.29) is 6.61 Å². The highest BCUT2D eigenvalue weighted by Gasteiger charge is 1.93. The van der Waals surface area contributed by atoms with Crippen molar-refractivity contribution in [1.82, 2.24) is 0 Å². The summed E-state index contributed by atoms with van der Waals surface area (Å²) in [6.45, 7) is 7.90. The summed E-state index contributed by atoms with van der Waals surface area (Å²) >= 11 is 0. The summed E-state index contributed by atoms with van der Waals surface area (Å²) in [5.41, 5.74) is 0. The number of aliphatic hydroxyl groups excluding tert-OH is 1. The Morgan fingerprint density at radius 2 is 0.900 bits per heavy atom. The average molecular weight is 294 g/mol. The van der Waals surface area contributed by atoms with Gasteiger partial charge in [0, 0.05) is 6.61 Å². The molecule has 0 fully saturated rings. The van der Waals surface area contributed by atoms with Crippen molar-refractivity contribution in [3.63, 3.8) is 0 Å². The van der Waals surface area contributed by atoms with E-state index in [4.69, 9.17) is 28.8 Å². The summed E-state index contributed by atoms with van der Waals surface area (Å²) in [6, 6.07) is 0. The Labute approximate surface area is 122 Å². The molecule has 0 rings (SSSR count). The zero-order chi connectivity index (χ0) is 14.7. The Bertz CT molecular complexity index is 150. The molecule has 0 aromatic carbocycles. The standard InChI is InChI=1S/C14H30O6/c1-2-3-5-16-7-9-18-11-13-20-14-12-19-10-8-17-6-4-15/h15H,2-14H2,1H3. The molecule has 6 nitrogen and oxygen atoms in total. The van der Waals surface area contributed by atoms with E-state index in [0.29, 0.717) is 59.5 Å². The second-order valence-electron chi connectivity index (χ2n) is 4.14. The Morgan fingerprint density at radius 1 is 0.550 bits per heavy atom. The van der Waals surface area contributed by atoms with Gasteiger partial charge in [-0.1, -0.05) is 13.3 Å². The van der Waals surface area contributed by atoms with Crippen molar-refractivity contribution in [3.05, 3.63) is 0 Å². The van der Waals surface area contributed by atoms with Crippen LogP contribution in [0, 0.1) is 0 Å². The molecule has 122 valence electrons. The van der Waals surface area contributed by atoms with Gasteiger partial charge in [0.2, 0.25) is 0 Å². The topological polar surface area (TPSA) is 66.4 Å². The quantitative estimate of drug-likeness (QED) is 0.401. The number of hydrogen-bond acceptors (Lipinski definition) is 6. The maximum absolute atomic E-state index is 8.48. The molecule has 20 heavy (non-hydrogen) atoms. The van der Waals surface area contributed by atoms with Gasteiger partial charge in [-0.05, 0) is 6.42 Å². The van der Waals surface area contributed by atoms with Crippen LogP contribution in [0.25, 0.3) is 0 Å². The lowest BCUT2D eigenvalue weighted by atomic mass is 10.4. The van der Waals surface area contributed by atoms with Gasteiger partial charge in [0.05, 0.1) is 66.1 Å². The van der Waals surface area contributed by atoms with E-state index in [9.17, 15) is 0 Å². The highest BCUT2D eigenvalue weighted by molar-refractivity contribution is 4.36. The number of unbranched alkanes of at least 4 members (excludes halogenated alkanes) is 1. The molecule has 0 saturated carbocycles. The summed E-state index contributed by atoms with van der Waals surface area (Å²) in [5.74, 6) is 0. The van der Waals surface area contributed by atoms with E-state index >= 15 is 0 Å². The van der Waals surface area contributed by atoms with Crippen molar-refractivity contribution in [2.75, 3.05) is 72.7 Å². The first-order valence-electron chi connectivity index (χ1n) is 7.41. The lowest BCUT2D eigenvalue weighted by Crippen LogP contribution is -2.13. The van der Waals surface area contributed by atoms with Crippen molar-refractivity contribution in [2.45, 2.75) is 19.8 Å². The Balaban J connectivity index is 2.89. The number of ether oxygens (including phenoxy) is 5. The van der Waals surface area contributed by atoms with Gasteiger partial charge in [-0.15, -0.1) is 0 Å². The van der Waals surface area contributed by atoms with E-state index in [1.165, 1.54) is 0 Å². The third-order valence-electron chi connectivity index (χ3n) is 2.37. The summed E-state index contributed by atoms with van der Waals surface area (Å²) < 4.78 is 26.4. The maximum Gasteiger partial charge on any atom is 0.0701 e. The largest absolute Gasteiger partial charge is 0.394 e. The molecule has 0 aliphatic heterocycles. The Morgan fingerprint density at radius 3 is 1.25 bits per heavy atom. The first kappa shape index (κ1) is 19.8. The highest BCUT2D eigenvalue weighted by Crippen LogP contribution is 1.88. The molecule has 0 bridgehead atoms. The van der Waals surface area contributed by atoms with Crippen LogP contribution in [0.5, 0.6) is 0 Å². The van der Waals surface area contributed by atoms with Crippen LogP contribution in [0.4, 0.5) is 0 Å². The molecule has 0 spiro atoms. The summed E-state index contributed by atoms with van der Waals surface area (Å²) in [6.07, 6.45) is 2.26. The van der Waals surface area contributed by atoms with Crippen molar-refractivity contribution in [2.24, 2.45) is 0 Å². The van der Waals surface area contributed by atoms with Gasteiger partial charge in [0.1, 0.15) is 0 Å². The minimum atomic E-state index is 0.0484. The monoisotopic (exact) mass is 294 g/mol. The summed E-state index contributed by atoms with van der Waals surface area (Å²) in [7, 11) is 0. The van der Waals surface area contributed by atoms with E-state index in [2.05, 4.69) is 6.92 Å². The fraction of sp³-hybridized carbons (Fsp3) is 1.00. The van der Waals surface area contributed by atoms with Gasteiger partial charge in [-0.3, -0.25) is 0 Å². The van der Waals surface area contributed by atoms with Crippen LogP contribution in [0.1, 0.15) is 19.8 Å². The van der Waals surface area contributed by atoms with Gasteiger partial charge in [-0.2, -0.15) is 0 Å². The molecule has 6 heteroatoms. The SMILES string of the molecule is CCCCOCCOCCOCCOCCOCCO. The van der Waals surface area contributed by atoms with Crippen LogP contribution < -0.4 is 0 Å². The smallest absolute Gasteiger partial charge is 0.0701 e. The minimum Gasteiger partial charge on any atom is -0.394 e. The summed E-state index contributed by atoms with van der Waals surface area (Å²) in [5, 5.41) is 8.48. The highest BCUT2D eigenvalue weighted by atomic mass is 16.6. The van der Waals surface area contributed by atoms with E-state index in [0.717, 1.165) is 19.4 Å². The molecule has 0 aromatic heterocycles. The maximum atomic E-state index is 8.48. The normalized spacial score (nSPS) is 11.1. The molecular formula is C14H30O6. The molecule has 0 aromatic rings. The van der Waals surface area contributed by atoms with Gasteiger partial charge in [0.15, 0.2) is 0 Å². The first-order valence-corrected chi connectivity index (χ1v) is 7.41. The third kappa shape index (κ3) is 17.8. The van der Waals surface area contributed by atoms with Gasteiger partial charge in [-0.25, -0.2) is 0 Å². The molecule has 0 radical (unpaired) electrons. The van der Waals surface area contributed by atoms with Crippen LogP contribution in [-0.2, 0) is 23.7 Å². The molecule has 0 atom stereocenters. The van der Waals surface area contributed by atoms with Crippen molar-refractivity contribution in [3.8, 4) is 0 Å². The lowest BCUT2D eigenvalue weighted by Gasteiger charge is -2.07. The Kier molecular flexibility index (Phi) is 18.5. The van der Waals surface area contributed by atoms with Gasteiger partial charge < -0.3 is 28.8 Å². The molecule has 0 saturated heterocycles. The molecule has 0 aliphatic carbocycles. The zero-order valence-electron chi connectivity index (χ0n) is 12.7. The van der Waals surface area contributed by atoms with Crippen molar-refractivity contribution < 1.29 is 28.8 Å². The molecule has 0 aliphatic rings. The van der Waals surface area contributed by atoms with E-state index in [1.807, 2.05) is 0 Å². The van der Waals surface area contributed by atoms with Crippen molar-refractivity contribution >= 4 is 0 Å². The van der Waals surface area contributed by atoms with E-state index in [1.54, 1.807) is 0 Å². The number of aliphatic hydroxyl groups is 1. The van der Waals surface area contributed by atoms with Gasteiger partial charge in [0.25, 0.3) is 0 Å². The van der Waals surface area contributed by atoms with Crippen LogP contribution in [0.2, 0.25) is 0 Å². The van der Waals surface area contributed by atoms with Crippen LogP contribution in [0.3, 0.4) is 0 Å². The fourth-order valence-corrected chi connectivity index (χ4v) is 1.29. The predicted molar refractivity (Wildman–Crippen MR) is 76.1 cm³/mol. The number of hydrogen-bond donors (Lipinski definition) is 1. The zero-order valence-corrected chi connectivity index (χ0v) is 12.7. The van der Waals surface area contributed by atoms with Crippen LogP contribution in [-0.4, -0.2) is 77.8 Å². The second-order valence-corrected chi connectivity index (χ2v) is 4.14. The summed E-state index contributed by atoms with van der Waals surface area (Å²) in [4.78, 5) is 0. The van der Waals surface area contributed by atoms with Gasteiger partial charge >= 0.3 is 0 Å².